The molecule has 0 saturated heterocycles. The van der Waals surface area contributed by atoms with Crippen molar-refractivity contribution in [3.63, 3.8) is 0 Å². The van der Waals surface area contributed by atoms with Crippen LogP contribution in [0, 0.1) is 5.92 Å². The number of hydrogen-bond donors (Lipinski definition) is 2. The molecule has 0 unspecified atom stereocenters. The Bertz CT molecular complexity index is 511. The molecule has 21 heavy (non-hydrogen) atoms. The maximum Gasteiger partial charge on any atom is 0.355 e. The van der Waals surface area contributed by atoms with E-state index in [1.165, 1.54) is 16.7 Å². The maximum atomic E-state index is 12.2. The van der Waals surface area contributed by atoms with E-state index >= 15 is 0 Å². The standard InChI is InChI=1S/C14H21N3O3S/c1-9(2)5-6-17(10-3-4-10)14(20)15-7-12-16-11(8-21-12)13(18)19/h8-10H,3-7H2,1-2H3,(H,15,20)(H,18,19). The number of nitrogens with zero attached hydrogens (tertiary/aromatic N) is 2. The van der Waals surface area contributed by atoms with E-state index in [0.717, 1.165) is 25.8 Å². The minimum absolute atomic E-state index is 0.0307. The van der Waals surface area contributed by atoms with Crippen molar-refractivity contribution in [1.82, 2.24) is 15.2 Å². The Morgan fingerprint density at radius 3 is 2.76 bits per heavy atom. The molecule has 1 heterocycles. The molecule has 6 nitrogen and oxygen atoms in total. The predicted molar refractivity (Wildman–Crippen MR) is 80.5 cm³/mol. The van der Waals surface area contributed by atoms with Crippen molar-refractivity contribution in [2.24, 2.45) is 5.92 Å². The van der Waals surface area contributed by atoms with Crippen molar-refractivity contribution >= 4 is 23.3 Å². The number of carbonyl (C=O) groups excluding carboxylic acids is 1. The summed E-state index contributed by atoms with van der Waals surface area (Å²) in [7, 11) is 0. The van der Waals surface area contributed by atoms with Gasteiger partial charge in [-0.3, -0.25) is 0 Å². The Hall–Kier alpha value is -1.63. The molecule has 0 aliphatic heterocycles. The van der Waals surface area contributed by atoms with Crippen molar-refractivity contribution in [2.45, 2.75) is 45.7 Å². The number of hydrogen-bond acceptors (Lipinski definition) is 4. The van der Waals surface area contributed by atoms with Gasteiger partial charge in [0, 0.05) is 18.0 Å². The minimum Gasteiger partial charge on any atom is -0.476 e. The molecule has 7 heteroatoms. The van der Waals surface area contributed by atoms with Gasteiger partial charge in [-0.15, -0.1) is 11.3 Å². The molecule has 2 rings (SSSR count). The summed E-state index contributed by atoms with van der Waals surface area (Å²) >= 11 is 1.25. The average Bonchev–Trinajstić information content (AvgIpc) is 3.13. The topological polar surface area (TPSA) is 82.5 Å². The molecular weight excluding hydrogens is 290 g/mol. The van der Waals surface area contributed by atoms with Gasteiger partial charge in [0.2, 0.25) is 0 Å². The fraction of sp³-hybridized carbons (Fsp3) is 0.643. The lowest BCUT2D eigenvalue weighted by molar-refractivity contribution is 0.0691. The van der Waals surface area contributed by atoms with Crippen LogP contribution in [0.3, 0.4) is 0 Å². The van der Waals surface area contributed by atoms with Gasteiger partial charge < -0.3 is 15.3 Å². The summed E-state index contributed by atoms with van der Waals surface area (Å²) in [5.74, 6) is -0.475. The van der Waals surface area contributed by atoms with Gasteiger partial charge in [0.25, 0.3) is 0 Å². The molecular formula is C14H21N3O3S. The van der Waals surface area contributed by atoms with Crippen molar-refractivity contribution in [3.8, 4) is 0 Å². The fourth-order valence-electron chi connectivity index (χ4n) is 1.98. The van der Waals surface area contributed by atoms with Crippen molar-refractivity contribution in [2.75, 3.05) is 6.54 Å². The average molecular weight is 311 g/mol. The zero-order valence-electron chi connectivity index (χ0n) is 12.3. The van der Waals surface area contributed by atoms with Gasteiger partial charge in [-0.1, -0.05) is 13.8 Å². The molecule has 0 aromatic carbocycles. The lowest BCUT2D eigenvalue weighted by Crippen LogP contribution is -2.41. The Morgan fingerprint density at radius 1 is 1.52 bits per heavy atom. The summed E-state index contributed by atoms with van der Waals surface area (Å²) < 4.78 is 0. The van der Waals surface area contributed by atoms with E-state index in [9.17, 15) is 9.59 Å². The van der Waals surface area contributed by atoms with Crippen LogP contribution >= 0.6 is 11.3 Å². The zero-order valence-corrected chi connectivity index (χ0v) is 13.2. The van der Waals surface area contributed by atoms with Crippen LogP contribution in [0.5, 0.6) is 0 Å². The normalized spacial score (nSPS) is 14.2. The van der Waals surface area contributed by atoms with Gasteiger partial charge in [0.05, 0.1) is 6.54 Å². The van der Waals surface area contributed by atoms with E-state index in [1.54, 1.807) is 0 Å². The Balaban J connectivity index is 1.84. The molecule has 116 valence electrons. The van der Waals surface area contributed by atoms with Crippen LogP contribution in [-0.4, -0.2) is 39.6 Å². The van der Waals surface area contributed by atoms with E-state index in [1.807, 2.05) is 4.90 Å². The van der Waals surface area contributed by atoms with Crippen LogP contribution in [0.2, 0.25) is 0 Å². The molecule has 1 aromatic rings. The number of amides is 2. The van der Waals surface area contributed by atoms with Gasteiger partial charge in [-0.25, -0.2) is 14.6 Å². The summed E-state index contributed by atoms with van der Waals surface area (Å²) in [4.78, 5) is 28.8. The summed E-state index contributed by atoms with van der Waals surface area (Å²) in [6.07, 6.45) is 3.14. The zero-order chi connectivity index (χ0) is 15.4. The molecule has 2 N–H and O–H groups in total. The molecule has 0 radical (unpaired) electrons. The fourth-order valence-corrected chi connectivity index (χ4v) is 2.68. The third-order valence-electron chi connectivity index (χ3n) is 3.36. The summed E-state index contributed by atoms with van der Waals surface area (Å²) in [5, 5.41) is 13.8. The molecule has 1 aliphatic rings. The van der Waals surface area contributed by atoms with E-state index in [2.05, 4.69) is 24.1 Å². The van der Waals surface area contributed by atoms with Gasteiger partial charge in [0.15, 0.2) is 5.69 Å². The molecule has 1 fully saturated rings. The third-order valence-corrected chi connectivity index (χ3v) is 4.21. The SMILES string of the molecule is CC(C)CCN(C(=O)NCc1nc(C(=O)O)cs1)C1CC1. The molecule has 1 saturated carbocycles. The van der Waals surface area contributed by atoms with E-state index in [4.69, 9.17) is 5.11 Å². The number of aromatic carboxylic acids is 1. The molecule has 2 amide bonds. The van der Waals surface area contributed by atoms with Crippen LogP contribution in [0.25, 0.3) is 0 Å². The highest BCUT2D eigenvalue weighted by molar-refractivity contribution is 7.09. The number of rotatable bonds is 7. The highest BCUT2D eigenvalue weighted by atomic mass is 32.1. The molecule has 1 aromatic heterocycles. The molecule has 0 bridgehead atoms. The largest absolute Gasteiger partial charge is 0.476 e. The summed E-state index contributed by atoms with van der Waals surface area (Å²) in [6, 6.07) is 0.292. The highest BCUT2D eigenvalue weighted by Gasteiger charge is 2.32. The van der Waals surface area contributed by atoms with E-state index in [0.29, 0.717) is 17.0 Å². The number of urea groups is 1. The lowest BCUT2D eigenvalue weighted by Gasteiger charge is -2.23. The first-order valence-corrected chi connectivity index (χ1v) is 8.07. The van der Waals surface area contributed by atoms with Gasteiger partial charge in [-0.2, -0.15) is 0 Å². The lowest BCUT2D eigenvalue weighted by atomic mass is 10.1. The van der Waals surface area contributed by atoms with Gasteiger partial charge in [0.1, 0.15) is 5.01 Å². The maximum absolute atomic E-state index is 12.2. The second kappa shape index (κ2) is 6.89. The van der Waals surface area contributed by atoms with Gasteiger partial charge in [-0.05, 0) is 25.2 Å². The summed E-state index contributed by atoms with van der Waals surface area (Å²) in [5.41, 5.74) is 0.0307. The Labute approximate surface area is 128 Å². The van der Waals surface area contributed by atoms with Crippen molar-refractivity contribution < 1.29 is 14.7 Å². The monoisotopic (exact) mass is 311 g/mol. The molecule has 0 atom stereocenters. The van der Waals surface area contributed by atoms with E-state index < -0.39 is 5.97 Å². The van der Waals surface area contributed by atoms with Crippen molar-refractivity contribution in [1.29, 1.82) is 0 Å². The molecule has 0 spiro atoms. The Kier molecular flexibility index (Phi) is 5.17. The predicted octanol–water partition coefficient (Wildman–Crippen LogP) is 2.56. The third kappa shape index (κ3) is 4.70. The van der Waals surface area contributed by atoms with Crippen LogP contribution < -0.4 is 5.32 Å². The van der Waals surface area contributed by atoms with Crippen LogP contribution in [-0.2, 0) is 6.54 Å². The number of carboxylic acids is 1. The van der Waals surface area contributed by atoms with Crippen LogP contribution in [0.15, 0.2) is 5.38 Å². The van der Waals surface area contributed by atoms with Crippen molar-refractivity contribution in [3.05, 3.63) is 16.1 Å². The Morgan fingerprint density at radius 2 is 2.24 bits per heavy atom. The first-order chi connectivity index (χ1) is 9.97. The first-order valence-electron chi connectivity index (χ1n) is 7.19. The number of thiazole rings is 1. The van der Waals surface area contributed by atoms with Crippen LogP contribution in [0.1, 0.15) is 48.6 Å². The number of nitrogens with one attached hydrogen (secondary N) is 1. The van der Waals surface area contributed by atoms with E-state index in [-0.39, 0.29) is 18.3 Å². The number of carboxylic acid groups (broad SMARTS) is 1. The smallest absolute Gasteiger partial charge is 0.355 e. The highest BCUT2D eigenvalue weighted by Crippen LogP contribution is 2.27. The summed E-state index contributed by atoms with van der Waals surface area (Å²) in [6.45, 7) is 5.34. The number of aromatic nitrogens is 1. The second-order valence-corrected chi connectivity index (χ2v) is 6.64. The van der Waals surface area contributed by atoms with Crippen LogP contribution in [0.4, 0.5) is 4.79 Å². The number of carbonyl (C=O) groups is 2. The first kappa shape index (κ1) is 15.8. The minimum atomic E-state index is -1.04. The molecule has 1 aliphatic carbocycles. The second-order valence-electron chi connectivity index (χ2n) is 5.70. The van der Waals surface area contributed by atoms with Gasteiger partial charge >= 0.3 is 12.0 Å². The quantitative estimate of drug-likeness (QED) is 0.810.